The highest BCUT2D eigenvalue weighted by Crippen LogP contribution is 2.32. The van der Waals surface area contributed by atoms with E-state index in [-0.39, 0.29) is 0 Å². The molecule has 0 bridgehead atoms. The molecule has 0 amide bonds. The molecule has 1 aromatic rings. The molecule has 2 rings (SSSR count). The molecule has 0 radical (unpaired) electrons. The minimum atomic E-state index is -3.30. The summed E-state index contributed by atoms with van der Waals surface area (Å²) < 4.78 is 27.4. The Morgan fingerprint density at radius 1 is 1.65 bits per heavy atom. The van der Waals surface area contributed by atoms with E-state index in [0.29, 0.717) is 27.7 Å². The predicted molar refractivity (Wildman–Crippen MR) is 72.8 cm³/mol. The summed E-state index contributed by atoms with van der Waals surface area (Å²) >= 11 is 4.55. The lowest BCUT2D eigenvalue weighted by Crippen LogP contribution is -2.30. The van der Waals surface area contributed by atoms with Gasteiger partial charge in [-0.25, -0.2) is 8.42 Å². The summed E-state index contributed by atoms with van der Waals surface area (Å²) in [4.78, 5) is 0. The van der Waals surface area contributed by atoms with Crippen LogP contribution in [-0.2, 0) is 10.0 Å². The lowest BCUT2D eigenvalue weighted by atomic mass is 10.1. The van der Waals surface area contributed by atoms with E-state index < -0.39 is 10.0 Å². The highest BCUT2D eigenvalue weighted by molar-refractivity contribution is 9.10. The molecule has 0 aromatic carbocycles. The van der Waals surface area contributed by atoms with Crippen molar-refractivity contribution in [3.05, 3.63) is 15.9 Å². The van der Waals surface area contributed by atoms with Gasteiger partial charge in [-0.2, -0.15) is 4.31 Å². The number of halogens is 1. The highest BCUT2D eigenvalue weighted by atomic mass is 79.9. The minimum Gasteiger partial charge on any atom is -0.319 e. The summed E-state index contributed by atoms with van der Waals surface area (Å²) in [5, 5.41) is 4.89. The Morgan fingerprint density at radius 3 is 3.00 bits per heavy atom. The van der Waals surface area contributed by atoms with Crippen molar-refractivity contribution in [2.45, 2.75) is 10.6 Å². The summed E-state index contributed by atoms with van der Waals surface area (Å²) in [6, 6.07) is 1.78. The second-order valence-corrected chi connectivity index (χ2v) is 8.04. The quantitative estimate of drug-likeness (QED) is 0.909. The third kappa shape index (κ3) is 2.73. The molecule has 1 N–H and O–H groups in total. The first-order valence-corrected chi connectivity index (χ1v) is 8.54. The van der Waals surface area contributed by atoms with E-state index in [1.54, 1.807) is 15.8 Å². The van der Waals surface area contributed by atoms with E-state index in [2.05, 4.69) is 21.2 Å². The Balaban J connectivity index is 2.16. The molecule has 1 saturated heterocycles. The molecule has 0 aliphatic carbocycles. The molecular weight excluding hydrogens is 324 g/mol. The molecule has 17 heavy (non-hydrogen) atoms. The van der Waals surface area contributed by atoms with Crippen LogP contribution in [0.5, 0.6) is 0 Å². The number of thiophene rings is 1. The van der Waals surface area contributed by atoms with Gasteiger partial charge in [-0.1, -0.05) is 0 Å². The fraction of sp³-hybridized carbons (Fsp3) is 0.600. The fourth-order valence-corrected chi connectivity index (χ4v) is 6.03. The zero-order valence-corrected chi connectivity index (χ0v) is 12.7. The summed E-state index contributed by atoms with van der Waals surface area (Å²) in [6.07, 6.45) is 0.934. The van der Waals surface area contributed by atoms with Crippen LogP contribution >= 0.6 is 27.3 Å². The SMILES string of the molecule is CNC[C@H]1CCN(S(=O)(=O)c2sccc2Br)C1. The van der Waals surface area contributed by atoms with Crippen LogP contribution in [0.2, 0.25) is 0 Å². The van der Waals surface area contributed by atoms with Gasteiger partial charge in [0.05, 0.1) is 0 Å². The van der Waals surface area contributed by atoms with Crippen LogP contribution in [0, 0.1) is 5.92 Å². The van der Waals surface area contributed by atoms with Gasteiger partial charge >= 0.3 is 0 Å². The Kier molecular flexibility index (Phi) is 4.25. The van der Waals surface area contributed by atoms with Gasteiger partial charge in [0.15, 0.2) is 0 Å². The van der Waals surface area contributed by atoms with Crippen LogP contribution in [-0.4, -0.2) is 39.4 Å². The van der Waals surface area contributed by atoms with Crippen LogP contribution in [0.25, 0.3) is 0 Å². The second kappa shape index (κ2) is 5.36. The number of hydrogen-bond donors (Lipinski definition) is 1. The molecule has 1 aliphatic heterocycles. The third-order valence-electron chi connectivity index (χ3n) is 2.90. The summed E-state index contributed by atoms with van der Waals surface area (Å²) in [6.45, 7) is 2.12. The number of hydrogen-bond acceptors (Lipinski definition) is 4. The van der Waals surface area contributed by atoms with Crippen molar-refractivity contribution < 1.29 is 8.42 Å². The van der Waals surface area contributed by atoms with Gasteiger partial charge in [0.1, 0.15) is 4.21 Å². The monoisotopic (exact) mass is 338 g/mol. The lowest BCUT2D eigenvalue weighted by Gasteiger charge is -2.15. The normalized spacial score (nSPS) is 22.1. The van der Waals surface area contributed by atoms with E-state index >= 15 is 0 Å². The molecule has 1 aliphatic rings. The number of nitrogens with one attached hydrogen (secondary N) is 1. The molecule has 7 heteroatoms. The minimum absolute atomic E-state index is 0.419. The van der Waals surface area contributed by atoms with Crippen LogP contribution in [0.3, 0.4) is 0 Å². The second-order valence-electron chi connectivity index (χ2n) is 4.13. The molecule has 0 unspecified atom stereocenters. The van der Waals surface area contributed by atoms with E-state index in [0.717, 1.165) is 13.0 Å². The average molecular weight is 339 g/mol. The lowest BCUT2D eigenvalue weighted by molar-refractivity contribution is 0.452. The van der Waals surface area contributed by atoms with E-state index in [1.165, 1.54) is 11.3 Å². The molecule has 0 saturated carbocycles. The van der Waals surface area contributed by atoms with Crippen molar-refractivity contribution in [3.63, 3.8) is 0 Å². The van der Waals surface area contributed by atoms with Crippen LogP contribution in [0.1, 0.15) is 6.42 Å². The van der Waals surface area contributed by atoms with Crippen molar-refractivity contribution in [3.8, 4) is 0 Å². The van der Waals surface area contributed by atoms with Gasteiger partial charge in [0.25, 0.3) is 10.0 Å². The topological polar surface area (TPSA) is 49.4 Å². The number of sulfonamides is 1. The zero-order chi connectivity index (χ0) is 12.5. The van der Waals surface area contributed by atoms with Gasteiger partial charge in [-0.3, -0.25) is 0 Å². The van der Waals surface area contributed by atoms with Crippen molar-refractivity contribution in [1.82, 2.24) is 9.62 Å². The van der Waals surface area contributed by atoms with E-state index in [1.807, 2.05) is 7.05 Å². The summed E-state index contributed by atoms with van der Waals surface area (Å²) in [7, 11) is -1.40. The first kappa shape index (κ1) is 13.5. The Hall–Kier alpha value is 0.0500. The first-order valence-electron chi connectivity index (χ1n) is 5.43. The Bertz CT molecular complexity index is 486. The van der Waals surface area contributed by atoms with E-state index in [9.17, 15) is 8.42 Å². The van der Waals surface area contributed by atoms with Gasteiger partial charge in [-0.15, -0.1) is 11.3 Å². The largest absolute Gasteiger partial charge is 0.319 e. The van der Waals surface area contributed by atoms with Gasteiger partial charge in [-0.05, 0) is 53.3 Å². The van der Waals surface area contributed by atoms with Gasteiger partial charge in [0.2, 0.25) is 0 Å². The van der Waals surface area contributed by atoms with Crippen LogP contribution in [0.15, 0.2) is 20.1 Å². The smallest absolute Gasteiger partial charge is 0.253 e. The zero-order valence-electron chi connectivity index (χ0n) is 9.52. The molecule has 96 valence electrons. The van der Waals surface area contributed by atoms with Crippen molar-refractivity contribution in [2.24, 2.45) is 5.92 Å². The van der Waals surface area contributed by atoms with Crippen molar-refractivity contribution in [2.75, 3.05) is 26.7 Å². The summed E-state index contributed by atoms with van der Waals surface area (Å²) in [5.74, 6) is 0.425. The van der Waals surface area contributed by atoms with Crippen LogP contribution in [0.4, 0.5) is 0 Å². The Morgan fingerprint density at radius 2 is 2.41 bits per heavy atom. The maximum atomic E-state index is 12.4. The molecule has 2 heterocycles. The van der Waals surface area contributed by atoms with Crippen molar-refractivity contribution in [1.29, 1.82) is 0 Å². The highest BCUT2D eigenvalue weighted by Gasteiger charge is 2.33. The first-order chi connectivity index (χ1) is 8.05. The molecule has 1 aromatic heterocycles. The van der Waals surface area contributed by atoms with Gasteiger partial charge in [0, 0.05) is 17.6 Å². The molecule has 0 spiro atoms. The van der Waals surface area contributed by atoms with Crippen LogP contribution < -0.4 is 5.32 Å². The maximum absolute atomic E-state index is 12.4. The number of rotatable bonds is 4. The average Bonchev–Trinajstić information content (AvgIpc) is 2.87. The third-order valence-corrected chi connectivity index (χ3v) is 7.41. The summed E-state index contributed by atoms with van der Waals surface area (Å²) in [5.41, 5.74) is 0. The predicted octanol–water partition coefficient (Wildman–Crippen LogP) is 1.74. The standard InChI is InChI=1S/C10H15BrN2O2S2/c1-12-6-8-2-4-13(7-8)17(14,15)10-9(11)3-5-16-10/h3,5,8,12H,2,4,6-7H2,1H3/t8-/m1/s1. The maximum Gasteiger partial charge on any atom is 0.253 e. The van der Waals surface area contributed by atoms with Gasteiger partial charge < -0.3 is 5.32 Å². The van der Waals surface area contributed by atoms with E-state index in [4.69, 9.17) is 0 Å². The molecule has 1 fully saturated rings. The fourth-order valence-electron chi connectivity index (χ4n) is 2.05. The number of nitrogens with zero attached hydrogens (tertiary/aromatic N) is 1. The Labute approximate surface area is 114 Å². The molecule has 4 nitrogen and oxygen atoms in total. The molecular formula is C10H15BrN2O2S2. The van der Waals surface area contributed by atoms with Crippen molar-refractivity contribution >= 4 is 37.3 Å². The molecule has 1 atom stereocenters.